The number of nitrogens with zero attached hydrogens (tertiary/aromatic N) is 1. The fraction of sp³-hybridized carbons (Fsp3) is 0.533. The second-order valence-corrected chi connectivity index (χ2v) is 8.81. The predicted molar refractivity (Wildman–Crippen MR) is 87.4 cm³/mol. The molecular weight excluding hydrogens is 302 g/mol. The molecule has 0 bridgehead atoms. The zero-order valence-electron chi connectivity index (χ0n) is 13.2. The van der Waals surface area contributed by atoms with E-state index in [1.165, 1.54) is 0 Å². The normalized spacial score (nSPS) is 20.4. The molecule has 7 heteroatoms. The minimum Gasteiger partial charge on any atom is -0.332 e. The van der Waals surface area contributed by atoms with Gasteiger partial charge in [0.15, 0.2) is 9.84 Å². The van der Waals surface area contributed by atoms with Crippen LogP contribution in [0.2, 0.25) is 0 Å². The number of amides is 2. The van der Waals surface area contributed by atoms with Crippen LogP contribution in [0.15, 0.2) is 30.3 Å². The Kier molecular flexibility index (Phi) is 4.65. The third-order valence-electron chi connectivity index (χ3n) is 3.32. The maximum atomic E-state index is 12.1. The lowest BCUT2D eigenvalue weighted by molar-refractivity contribution is 0.230. The molecule has 1 aromatic rings. The number of carbonyl (C=O) groups is 1. The second kappa shape index (κ2) is 6.16. The van der Waals surface area contributed by atoms with Gasteiger partial charge in [-0.15, -0.1) is 0 Å². The Labute approximate surface area is 131 Å². The molecule has 0 aliphatic carbocycles. The second-order valence-electron chi connectivity index (χ2n) is 6.58. The van der Waals surface area contributed by atoms with Gasteiger partial charge in [0.05, 0.1) is 23.2 Å². The smallest absolute Gasteiger partial charge is 0.332 e. The summed E-state index contributed by atoms with van der Waals surface area (Å²) in [6.07, 6.45) is 0.507. The summed E-state index contributed by atoms with van der Waals surface area (Å²) in [6, 6.07) is 8.69. The van der Waals surface area contributed by atoms with Crippen LogP contribution in [0.3, 0.4) is 0 Å². The molecule has 0 aromatic heterocycles. The van der Waals surface area contributed by atoms with Crippen LogP contribution in [0.1, 0.15) is 27.2 Å². The number of carbonyl (C=O) groups excluding carboxylic acids is 1. The summed E-state index contributed by atoms with van der Waals surface area (Å²) in [5, 5.41) is 4.48. The Bertz CT molecular complexity index is 623. The van der Waals surface area contributed by atoms with Crippen LogP contribution in [0, 0.1) is 0 Å². The minimum atomic E-state index is -3.03. The summed E-state index contributed by atoms with van der Waals surface area (Å²) in [4.78, 5) is 12.1. The number of hydrogen-bond donors (Lipinski definition) is 2. The standard InChI is InChI=1S/C15H23N3O3S/c1-15(2,3)16-14(19)17-18(12-7-5-4-6-8-12)13-9-10-22(20,21)11-13/h4-8,13H,9-11H2,1-3H3,(H2,16,17,19)/t13-/m0/s1. The largest absolute Gasteiger partial charge is 0.334 e. The van der Waals surface area contributed by atoms with Crippen LogP contribution < -0.4 is 15.8 Å². The number of sulfone groups is 1. The minimum absolute atomic E-state index is 0.0533. The molecule has 22 heavy (non-hydrogen) atoms. The van der Waals surface area contributed by atoms with Crippen LogP contribution in [0.5, 0.6) is 0 Å². The first-order valence-electron chi connectivity index (χ1n) is 7.30. The van der Waals surface area contributed by atoms with Crippen molar-refractivity contribution in [3.05, 3.63) is 30.3 Å². The lowest BCUT2D eigenvalue weighted by Crippen LogP contribution is -2.56. The SMILES string of the molecule is CC(C)(C)NC(=O)NN(c1ccccc1)[C@H]1CCS(=O)(=O)C1. The molecule has 0 spiro atoms. The highest BCUT2D eigenvalue weighted by molar-refractivity contribution is 7.91. The van der Waals surface area contributed by atoms with E-state index in [2.05, 4.69) is 10.7 Å². The van der Waals surface area contributed by atoms with Gasteiger partial charge >= 0.3 is 6.03 Å². The van der Waals surface area contributed by atoms with E-state index in [1.54, 1.807) is 5.01 Å². The molecule has 1 aliphatic rings. The average Bonchev–Trinajstić information content (AvgIpc) is 2.75. The van der Waals surface area contributed by atoms with Gasteiger partial charge in [0.2, 0.25) is 0 Å². The fourth-order valence-electron chi connectivity index (χ4n) is 2.41. The van der Waals surface area contributed by atoms with Gasteiger partial charge < -0.3 is 5.32 Å². The predicted octanol–water partition coefficient (Wildman–Crippen LogP) is 1.69. The number of rotatable bonds is 3. The fourth-order valence-corrected chi connectivity index (χ4v) is 4.11. The summed E-state index contributed by atoms with van der Waals surface area (Å²) in [7, 11) is -3.03. The molecule has 2 rings (SSSR count). The number of hydrogen-bond acceptors (Lipinski definition) is 4. The Morgan fingerprint density at radius 1 is 1.23 bits per heavy atom. The van der Waals surface area contributed by atoms with E-state index < -0.39 is 9.84 Å². The number of para-hydroxylation sites is 1. The van der Waals surface area contributed by atoms with Crippen LogP contribution >= 0.6 is 0 Å². The molecule has 1 aliphatic heterocycles. The van der Waals surface area contributed by atoms with Crippen LogP contribution in [0.4, 0.5) is 10.5 Å². The van der Waals surface area contributed by atoms with E-state index in [9.17, 15) is 13.2 Å². The van der Waals surface area contributed by atoms with Gasteiger partial charge in [0.25, 0.3) is 0 Å². The van der Waals surface area contributed by atoms with Gasteiger partial charge in [0.1, 0.15) is 0 Å². The lowest BCUT2D eigenvalue weighted by Gasteiger charge is -2.32. The lowest BCUT2D eigenvalue weighted by atomic mass is 10.1. The van der Waals surface area contributed by atoms with Crippen molar-refractivity contribution >= 4 is 21.6 Å². The number of hydrazine groups is 1. The zero-order valence-corrected chi connectivity index (χ0v) is 14.0. The van der Waals surface area contributed by atoms with E-state index in [4.69, 9.17) is 0 Å². The number of nitrogens with one attached hydrogen (secondary N) is 2. The number of anilines is 1. The van der Waals surface area contributed by atoms with Crippen molar-refractivity contribution in [1.29, 1.82) is 0 Å². The Morgan fingerprint density at radius 2 is 1.86 bits per heavy atom. The van der Waals surface area contributed by atoms with E-state index in [-0.39, 0.29) is 29.1 Å². The molecule has 2 N–H and O–H groups in total. The van der Waals surface area contributed by atoms with Gasteiger partial charge in [-0.3, -0.25) is 5.01 Å². The Morgan fingerprint density at radius 3 is 2.36 bits per heavy atom. The first-order valence-corrected chi connectivity index (χ1v) is 9.12. The number of benzene rings is 1. The third-order valence-corrected chi connectivity index (χ3v) is 5.07. The van der Waals surface area contributed by atoms with Gasteiger partial charge in [-0.2, -0.15) is 0 Å². The van der Waals surface area contributed by atoms with Crippen LogP contribution in [-0.4, -0.2) is 37.5 Å². The van der Waals surface area contributed by atoms with Crippen LogP contribution in [0.25, 0.3) is 0 Å². The molecule has 2 amide bonds. The van der Waals surface area contributed by atoms with Crippen LogP contribution in [-0.2, 0) is 9.84 Å². The van der Waals surface area contributed by atoms with E-state index >= 15 is 0 Å². The Balaban J connectivity index is 2.18. The first kappa shape index (κ1) is 16.6. The van der Waals surface area contributed by atoms with E-state index in [0.717, 1.165) is 5.69 Å². The average molecular weight is 325 g/mol. The van der Waals surface area contributed by atoms with Crippen molar-refractivity contribution in [2.75, 3.05) is 16.5 Å². The molecule has 0 unspecified atom stereocenters. The maximum absolute atomic E-state index is 12.1. The van der Waals surface area contributed by atoms with E-state index in [0.29, 0.717) is 6.42 Å². The van der Waals surface area contributed by atoms with Crippen molar-refractivity contribution < 1.29 is 13.2 Å². The highest BCUT2D eigenvalue weighted by atomic mass is 32.2. The molecular formula is C15H23N3O3S. The molecule has 0 saturated carbocycles. The molecule has 1 saturated heterocycles. The number of urea groups is 1. The first-order chi connectivity index (χ1) is 10.2. The molecule has 122 valence electrons. The molecule has 1 atom stereocenters. The van der Waals surface area contributed by atoms with Crippen molar-refractivity contribution in [3.63, 3.8) is 0 Å². The molecule has 1 heterocycles. The summed E-state index contributed by atoms with van der Waals surface area (Å²) < 4.78 is 23.5. The molecule has 1 fully saturated rings. The van der Waals surface area contributed by atoms with Crippen molar-refractivity contribution in [1.82, 2.24) is 10.7 Å². The summed E-state index contributed by atoms with van der Waals surface area (Å²) >= 11 is 0. The Hall–Kier alpha value is -1.76. The maximum Gasteiger partial charge on any atom is 0.334 e. The summed E-state index contributed by atoms with van der Waals surface area (Å²) in [5.41, 5.74) is 3.19. The van der Waals surface area contributed by atoms with Gasteiger partial charge in [-0.05, 0) is 39.3 Å². The van der Waals surface area contributed by atoms with Crippen molar-refractivity contribution in [2.45, 2.75) is 38.8 Å². The molecule has 6 nitrogen and oxygen atoms in total. The summed E-state index contributed by atoms with van der Waals surface area (Å²) in [5.74, 6) is 0.210. The van der Waals surface area contributed by atoms with E-state index in [1.807, 2.05) is 51.1 Å². The quantitative estimate of drug-likeness (QED) is 0.829. The van der Waals surface area contributed by atoms with Crippen molar-refractivity contribution in [3.8, 4) is 0 Å². The molecule has 1 aromatic carbocycles. The zero-order chi connectivity index (χ0) is 16.4. The van der Waals surface area contributed by atoms with Crippen molar-refractivity contribution in [2.24, 2.45) is 0 Å². The topological polar surface area (TPSA) is 78.5 Å². The van der Waals surface area contributed by atoms with Gasteiger partial charge in [-0.1, -0.05) is 18.2 Å². The molecule has 0 radical (unpaired) electrons. The van der Waals surface area contributed by atoms with Gasteiger partial charge in [0, 0.05) is 5.54 Å². The third kappa shape index (κ3) is 4.62. The highest BCUT2D eigenvalue weighted by Crippen LogP contribution is 2.22. The highest BCUT2D eigenvalue weighted by Gasteiger charge is 2.33. The summed E-state index contributed by atoms with van der Waals surface area (Å²) in [6.45, 7) is 5.67. The monoisotopic (exact) mass is 325 g/mol. The van der Waals surface area contributed by atoms with Gasteiger partial charge in [-0.25, -0.2) is 18.6 Å².